The van der Waals surface area contributed by atoms with Crippen molar-refractivity contribution in [2.75, 3.05) is 0 Å². The molecule has 0 heterocycles. The molecule has 0 aliphatic heterocycles. The lowest BCUT2D eigenvalue weighted by molar-refractivity contribution is -0.147. The van der Waals surface area contributed by atoms with Crippen LogP contribution in [0.25, 0.3) is 0 Å². The lowest BCUT2D eigenvalue weighted by Gasteiger charge is -2.09. The Hall–Kier alpha value is -2.59. The maximum absolute atomic E-state index is 12.5. The van der Waals surface area contributed by atoms with Crippen molar-refractivity contribution in [2.24, 2.45) is 17.3 Å². The number of benzene rings is 2. The topological polar surface area (TPSA) is 52.6 Å². The molecule has 2 aromatic rings. The Morgan fingerprint density at radius 2 is 1.75 bits per heavy atom. The molecule has 1 saturated carbocycles. The molecule has 2 aromatic carbocycles. The van der Waals surface area contributed by atoms with Gasteiger partial charge in [0.05, 0.1) is 11.0 Å². The number of para-hydroxylation sites is 1. The van der Waals surface area contributed by atoms with Gasteiger partial charge in [0.2, 0.25) is 0 Å². The Balaban J connectivity index is 1.60. The minimum Gasteiger partial charge on any atom is -0.461 e. The number of halogens is 1. The Bertz CT molecular complexity index is 902. The van der Waals surface area contributed by atoms with Crippen molar-refractivity contribution in [2.45, 2.75) is 27.4 Å². The molecule has 5 heteroatoms. The van der Waals surface area contributed by atoms with E-state index in [0.717, 1.165) is 11.3 Å². The highest BCUT2D eigenvalue weighted by Crippen LogP contribution is 2.60. The van der Waals surface area contributed by atoms with E-state index in [0.29, 0.717) is 5.75 Å². The Morgan fingerprint density at radius 3 is 2.43 bits per heavy atom. The summed E-state index contributed by atoms with van der Waals surface area (Å²) in [7, 11) is 0. The lowest BCUT2D eigenvalue weighted by atomic mass is 10.1. The van der Waals surface area contributed by atoms with Crippen LogP contribution >= 0.6 is 11.6 Å². The molecular formula is C23H23ClO4. The van der Waals surface area contributed by atoms with Crippen LogP contribution in [0.1, 0.15) is 26.3 Å². The van der Waals surface area contributed by atoms with E-state index < -0.39 is 0 Å². The standard InChI is InChI=1S/C23H23ClO4/c1-15(25)20(24)13-19-21(23(19,2)3)22(26)27-14-16-8-7-11-18(12-16)28-17-9-5-4-6-10-17/h4-13,19,21H,14H2,1-3H3/b20-13-. The molecule has 4 nitrogen and oxygen atoms in total. The third kappa shape index (κ3) is 4.63. The predicted octanol–water partition coefficient (Wildman–Crippen LogP) is 5.51. The number of allylic oxidation sites excluding steroid dienone is 2. The van der Waals surface area contributed by atoms with Crippen LogP contribution < -0.4 is 4.74 Å². The minimum absolute atomic E-state index is 0.0934. The molecule has 3 rings (SSSR count). The summed E-state index contributed by atoms with van der Waals surface area (Å²) in [5, 5.41) is 0.166. The van der Waals surface area contributed by atoms with Gasteiger partial charge in [-0.25, -0.2) is 0 Å². The van der Waals surface area contributed by atoms with Crippen molar-refractivity contribution in [3.8, 4) is 11.5 Å². The first-order valence-corrected chi connectivity index (χ1v) is 9.53. The molecule has 1 aliphatic rings. The van der Waals surface area contributed by atoms with Crippen molar-refractivity contribution in [1.82, 2.24) is 0 Å². The monoisotopic (exact) mass is 398 g/mol. The van der Waals surface area contributed by atoms with Crippen molar-refractivity contribution in [3.05, 3.63) is 71.3 Å². The molecule has 0 aromatic heterocycles. The van der Waals surface area contributed by atoms with E-state index >= 15 is 0 Å². The number of carbonyl (C=O) groups is 2. The highest BCUT2D eigenvalue weighted by atomic mass is 35.5. The van der Waals surface area contributed by atoms with Gasteiger partial charge in [-0.2, -0.15) is 0 Å². The van der Waals surface area contributed by atoms with Crippen LogP contribution in [0, 0.1) is 17.3 Å². The van der Waals surface area contributed by atoms with Crippen molar-refractivity contribution >= 4 is 23.4 Å². The molecule has 0 amide bonds. The van der Waals surface area contributed by atoms with Gasteiger partial charge in [-0.15, -0.1) is 0 Å². The van der Waals surface area contributed by atoms with Crippen LogP contribution in [0.4, 0.5) is 0 Å². The zero-order valence-electron chi connectivity index (χ0n) is 16.1. The van der Waals surface area contributed by atoms with Crippen molar-refractivity contribution in [3.63, 3.8) is 0 Å². The second-order valence-electron chi connectivity index (χ2n) is 7.57. The predicted molar refractivity (Wildman–Crippen MR) is 108 cm³/mol. The molecule has 0 saturated heterocycles. The normalized spacial score (nSPS) is 20.4. The average molecular weight is 399 g/mol. The first-order chi connectivity index (χ1) is 13.3. The molecule has 2 unspecified atom stereocenters. The van der Waals surface area contributed by atoms with Crippen LogP contribution in [0.3, 0.4) is 0 Å². The molecule has 1 aliphatic carbocycles. The van der Waals surface area contributed by atoms with E-state index in [2.05, 4.69) is 0 Å². The fourth-order valence-corrected chi connectivity index (χ4v) is 3.42. The van der Waals surface area contributed by atoms with Gasteiger partial charge < -0.3 is 9.47 Å². The summed E-state index contributed by atoms with van der Waals surface area (Å²) >= 11 is 5.95. The van der Waals surface area contributed by atoms with Gasteiger partial charge in [0.15, 0.2) is 5.78 Å². The average Bonchev–Trinajstić information content (AvgIpc) is 3.21. The summed E-state index contributed by atoms with van der Waals surface area (Å²) in [5.74, 6) is 0.544. The summed E-state index contributed by atoms with van der Waals surface area (Å²) < 4.78 is 11.3. The number of Topliss-reactive ketones (excluding diaryl/α,β-unsaturated/α-hetero) is 1. The van der Waals surface area contributed by atoms with Crippen LogP contribution in [0.15, 0.2) is 65.7 Å². The van der Waals surface area contributed by atoms with E-state index in [1.807, 2.05) is 68.4 Å². The highest BCUT2D eigenvalue weighted by molar-refractivity contribution is 6.42. The van der Waals surface area contributed by atoms with Crippen LogP contribution in [-0.2, 0) is 20.9 Å². The quantitative estimate of drug-likeness (QED) is 0.456. The lowest BCUT2D eigenvalue weighted by Crippen LogP contribution is -2.10. The molecular weight excluding hydrogens is 376 g/mol. The van der Waals surface area contributed by atoms with E-state index in [9.17, 15) is 9.59 Å². The van der Waals surface area contributed by atoms with E-state index in [1.165, 1.54) is 6.92 Å². The Morgan fingerprint density at radius 1 is 1.07 bits per heavy atom. The van der Waals surface area contributed by atoms with Gasteiger partial charge in [-0.05, 0) is 41.2 Å². The number of hydrogen-bond donors (Lipinski definition) is 0. The van der Waals surface area contributed by atoms with Gasteiger partial charge in [0.25, 0.3) is 0 Å². The summed E-state index contributed by atoms with van der Waals surface area (Å²) in [4.78, 5) is 23.9. The van der Waals surface area contributed by atoms with E-state index in [4.69, 9.17) is 21.1 Å². The first kappa shape index (κ1) is 20.2. The van der Waals surface area contributed by atoms with E-state index in [1.54, 1.807) is 6.08 Å². The van der Waals surface area contributed by atoms with Crippen LogP contribution in [0.5, 0.6) is 11.5 Å². The Labute approximate surface area is 170 Å². The fraction of sp³-hybridized carbons (Fsp3) is 0.304. The smallest absolute Gasteiger partial charge is 0.310 e. The maximum Gasteiger partial charge on any atom is 0.310 e. The van der Waals surface area contributed by atoms with Crippen LogP contribution in [0.2, 0.25) is 0 Å². The second kappa shape index (κ2) is 8.19. The summed E-state index contributed by atoms with van der Waals surface area (Å²) in [6, 6.07) is 16.9. The third-order valence-corrected chi connectivity index (χ3v) is 5.48. The SMILES string of the molecule is CC(=O)/C(Cl)=C/C1C(C(=O)OCc2cccc(Oc3ccccc3)c2)C1(C)C. The largest absolute Gasteiger partial charge is 0.461 e. The molecule has 0 spiro atoms. The van der Waals surface area contributed by atoms with Crippen LogP contribution in [-0.4, -0.2) is 11.8 Å². The van der Waals surface area contributed by atoms with Gasteiger partial charge in [0, 0.05) is 6.92 Å². The number of hydrogen-bond acceptors (Lipinski definition) is 4. The minimum atomic E-state index is -0.302. The number of carbonyl (C=O) groups excluding carboxylic acids is 2. The number of ketones is 1. The zero-order valence-corrected chi connectivity index (χ0v) is 16.9. The molecule has 2 atom stereocenters. The second-order valence-corrected chi connectivity index (χ2v) is 7.97. The van der Waals surface area contributed by atoms with Gasteiger partial charge in [0.1, 0.15) is 18.1 Å². The van der Waals surface area contributed by atoms with Crippen molar-refractivity contribution in [1.29, 1.82) is 0 Å². The van der Waals surface area contributed by atoms with E-state index in [-0.39, 0.29) is 40.6 Å². The summed E-state index contributed by atoms with van der Waals surface area (Å²) in [6.45, 7) is 5.51. The zero-order chi connectivity index (χ0) is 20.3. The van der Waals surface area contributed by atoms with Gasteiger partial charge in [-0.3, -0.25) is 9.59 Å². The third-order valence-electron chi connectivity index (χ3n) is 5.09. The van der Waals surface area contributed by atoms with Gasteiger partial charge in [-0.1, -0.05) is 61.9 Å². The first-order valence-electron chi connectivity index (χ1n) is 9.16. The number of ether oxygens (including phenoxy) is 2. The molecule has 0 bridgehead atoms. The molecule has 0 radical (unpaired) electrons. The molecule has 146 valence electrons. The maximum atomic E-state index is 12.5. The fourth-order valence-electron chi connectivity index (χ4n) is 3.28. The van der Waals surface area contributed by atoms with Crippen molar-refractivity contribution < 1.29 is 19.1 Å². The Kier molecular flexibility index (Phi) is 5.90. The molecule has 0 N–H and O–H groups in total. The number of rotatable bonds is 7. The molecule has 28 heavy (non-hydrogen) atoms. The highest BCUT2D eigenvalue weighted by Gasteiger charge is 2.61. The summed E-state index contributed by atoms with van der Waals surface area (Å²) in [6.07, 6.45) is 1.67. The summed E-state index contributed by atoms with van der Waals surface area (Å²) in [5.41, 5.74) is 0.569. The molecule has 1 fully saturated rings. The number of esters is 1. The van der Waals surface area contributed by atoms with Gasteiger partial charge >= 0.3 is 5.97 Å².